The van der Waals surface area contributed by atoms with E-state index in [1.54, 1.807) is 14.2 Å². The zero-order valence-corrected chi connectivity index (χ0v) is 13.4. The Hall–Kier alpha value is -0.810. The Balaban J connectivity index is 2.95. The summed E-state index contributed by atoms with van der Waals surface area (Å²) in [5.74, 6) is 0. The minimum Gasteiger partial charge on any atom is -0.383 e. The van der Waals surface area contributed by atoms with Crippen LogP contribution in [0.1, 0.15) is 12.5 Å². The lowest BCUT2D eigenvalue weighted by molar-refractivity contribution is 0.190. The second-order valence-electron chi connectivity index (χ2n) is 4.50. The number of hydrogen-bond acceptors (Lipinski definition) is 4. The Morgan fingerprint density at radius 1 is 1.15 bits per heavy atom. The highest BCUT2D eigenvalue weighted by Gasteiger charge is 2.14. The van der Waals surface area contributed by atoms with Crippen molar-refractivity contribution in [2.45, 2.75) is 13.5 Å². The predicted octanol–water partition coefficient (Wildman–Crippen LogP) is 2.55. The van der Waals surface area contributed by atoms with Crippen molar-refractivity contribution >= 4 is 17.3 Å². The number of para-hydroxylation sites is 1. The van der Waals surface area contributed by atoms with Crippen LogP contribution in [0.4, 0.5) is 5.69 Å². The first-order valence-corrected chi connectivity index (χ1v) is 7.33. The van der Waals surface area contributed by atoms with E-state index in [4.69, 9.17) is 21.1 Å². The van der Waals surface area contributed by atoms with Crippen molar-refractivity contribution < 1.29 is 9.47 Å². The van der Waals surface area contributed by atoms with Crippen molar-refractivity contribution in [3.63, 3.8) is 0 Å². The van der Waals surface area contributed by atoms with Gasteiger partial charge in [-0.15, -0.1) is 0 Å². The number of hydrogen-bond donors (Lipinski definition) is 1. The maximum atomic E-state index is 6.41. The van der Waals surface area contributed by atoms with E-state index >= 15 is 0 Å². The second kappa shape index (κ2) is 10.00. The Morgan fingerprint density at radius 3 is 2.35 bits per heavy atom. The Bertz CT molecular complexity index is 380. The molecule has 0 heterocycles. The lowest BCUT2D eigenvalue weighted by atomic mass is 10.1. The number of benzene rings is 1. The molecule has 20 heavy (non-hydrogen) atoms. The number of rotatable bonds is 10. The van der Waals surface area contributed by atoms with Crippen LogP contribution in [0.15, 0.2) is 18.2 Å². The molecule has 0 radical (unpaired) electrons. The highest BCUT2D eigenvalue weighted by atomic mass is 35.5. The number of nitrogens with zero attached hydrogens (tertiary/aromatic N) is 1. The first-order chi connectivity index (χ1) is 9.74. The van der Waals surface area contributed by atoms with E-state index in [-0.39, 0.29) is 0 Å². The lowest BCUT2D eigenvalue weighted by Gasteiger charge is -2.28. The Morgan fingerprint density at radius 2 is 1.80 bits per heavy atom. The van der Waals surface area contributed by atoms with Gasteiger partial charge in [-0.2, -0.15) is 0 Å². The standard InChI is InChI=1S/C15H25ClN2O2/c1-4-17-12-13-6-5-7-14(16)15(13)18(8-10-19-2)9-11-20-3/h5-7,17H,4,8-12H2,1-3H3. The van der Waals surface area contributed by atoms with E-state index in [1.807, 2.05) is 12.1 Å². The Labute approximate surface area is 127 Å². The van der Waals surface area contributed by atoms with Crippen LogP contribution in [0.25, 0.3) is 0 Å². The summed E-state index contributed by atoms with van der Waals surface area (Å²) in [5.41, 5.74) is 2.27. The summed E-state index contributed by atoms with van der Waals surface area (Å²) < 4.78 is 10.4. The molecule has 0 fully saturated rings. The fourth-order valence-corrected chi connectivity index (χ4v) is 2.37. The van der Waals surface area contributed by atoms with Crippen LogP contribution >= 0.6 is 11.6 Å². The number of ether oxygens (including phenoxy) is 2. The van der Waals surface area contributed by atoms with Crippen molar-refractivity contribution in [1.29, 1.82) is 0 Å². The average molecular weight is 301 g/mol. The molecule has 0 saturated heterocycles. The summed E-state index contributed by atoms with van der Waals surface area (Å²) in [6, 6.07) is 6.03. The molecule has 0 aliphatic carbocycles. The van der Waals surface area contributed by atoms with E-state index in [0.717, 1.165) is 36.9 Å². The Kier molecular flexibility index (Phi) is 8.62. The summed E-state index contributed by atoms with van der Waals surface area (Å²) in [5, 5.41) is 4.12. The van der Waals surface area contributed by atoms with E-state index in [0.29, 0.717) is 13.2 Å². The molecular formula is C15H25ClN2O2. The number of nitrogens with one attached hydrogen (secondary N) is 1. The first kappa shape index (κ1) is 17.2. The van der Waals surface area contributed by atoms with Crippen molar-refractivity contribution in [1.82, 2.24) is 5.32 Å². The van der Waals surface area contributed by atoms with Gasteiger partial charge in [0.25, 0.3) is 0 Å². The SMILES string of the molecule is CCNCc1cccc(Cl)c1N(CCOC)CCOC. The molecule has 0 unspecified atom stereocenters. The van der Waals surface area contributed by atoms with Crippen LogP contribution in [0.3, 0.4) is 0 Å². The van der Waals surface area contributed by atoms with Gasteiger partial charge in [-0.25, -0.2) is 0 Å². The molecule has 1 aromatic rings. The molecule has 0 aromatic heterocycles. The summed E-state index contributed by atoms with van der Waals surface area (Å²) in [6.45, 7) is 6.75. The molecule has 4 nitrogen and oxygen atoms in total. The van der Waals surface area contributed by atoms with Crippen molar-refractivity contribution in [2.75, 3.05) is 52.0 Å². The van der Waals surface area contributed by atoms with E-state index in [2.05, 4.69) is 23.2 Å². The smallest absolute Gasteiger partial charge is 0.0642 e. The van der Waals surface area contributed by atoms with Gasteiger partial charge in [-0.1, -0.05) is 30.7 Å². The molecule has 114 valence electrons. The van der Waals surface area contributed by atoms with E-state index < -0.39 is 0 Å². The summed E-state index contributed by atoms with van der Waals surface area (Å²) in [7, 11) is 3.42. The normalized spacial score (nSPS) is 10.8. The fourth-order valence-electron chi connectivity index (χ4n) is 2.05. The van der Waals surface area contributed by atoms with Gasteiger partial charge in [0.05, 0.1) is 23.9 Å². The monoisotopic (exact) mass is 300 g/mol. The van der Waals surface area contributed by atoms with Gasteiger partial charge in [-0.3, -0.25) is 0 Å². The second-order valence-corrected chi connectivity index (χ2v) is 4.91. The molecule has 0 aliphatic heterocycles. The molecule has 0 atom stereocenters. The lowest BCUT2D eigenvalue weighted by Crippen LogP contribution is -2.32. The highest BCUT2D eigenvalue weighted by molar-refractivity contribution is 6.33. The largest absolute Gasteiger partial charge is 0.383 e. The van der Waals surface area contributed by atoms with Gasteiger partial charge < -0.3 is 19.7 Å². The molecule has 1 rings (SSSR count). The van der Waals surface area contributed by atoms with E-state index in [1.165, 1.54) is 5.56 Å². The van der Waals surface area contributed by atoms with Gasteiger partial charge in [0, 0.05) is 33.9 Å². The molecule has 0 aliphatic rings. The summed E-state index contributed by atoms with van der Waals surface area (Å²) in [6.07, 6.45) is 0. The molecular weight excluding hydrogens is 276 g/mol. The first-order valence-electron chi connectivity index (χ1n) is 6.95. The third-order valence-corrected chi connectivity index (χ3v) is 3.39. The maximum Gasteiger partial charge on any atom is 0.0642 e. The van der Waals surface area contributed by atoms with Gasteiger partial charge >= 0.3 is 0 Å². The van der Waals surface area contributed by atoms with Crippen LogP contribution in [-0.2, 0) is 16.0 Å². The molecule has 0 saturated carbocycles. The average Bonchev–Trinajstić information content (AvgIpc) is 2.46. The highest BCUT2D eigenvalue weighted by Crippen LogP contribution is 2.29. The fraction of sp³-hybridized carbons (Fsp3) is 0.600. The van der Waals surface area contributed by atoms with Crippen molar-refractivity contribution in [3.05, 3.63) is 28.8 Å². The van der Waals surface area contributed by atoms with E-state index in [9.17, 15) is 0 Å². The van der Waals surface area contributed by atoms with Gasteiger partial charge in [0.2, 0.25) is 0 Å². The topological polar surface area (TPSA) is 33.7 Å². The minimum atomic E-state index is 0.662. The van der Waals surface area contributed by atoms with Crippen molar-refractivity contribution in [3.8, 4) is 0 Å². The molecule has 0 bridgehead atoms. The summed E-state index contributed by atoms with van der Waals surface area (Å²) >= 11 is 6.41. The molecule has 0 amide bonds. The summed E-state index contributed by atoms with van der Waals surface area (Å²) in [4.78, 5) is 2.22. The molecule has 5 heteroatoms. The molecule has 1 N–H and O–H groups in total. The third kappa shape index (κ3) is 5.29. The maximum absolute atomic E-state index is 6.41. The van der Waals surface area contributed by atoms with Gasteiger partial charge in [0.1, 0.15) is 0 Å². The quantitative estimate of drug-likeness (QED) is 0.720. The zero-order valence-electron chi connectivity index (χ0n) is 12.6. The van der Waals surface area contributed by atoms with Crippen LogP contribution < -0.4 is 10.2 Å². The minimum absolute atomic E-state index is 0.662. The van der Waals surface area contributed by atoms with Crippen LogP contribution in [-0.4, -0.2) is 47.1 Å². The van der Waals surface area contributed by atoms with Crippen LogP contribution in [0.5, 0.6) is 0 Å². The van der Waals surface area contributed by atoms with Crippen LogP contribution in [0.2, 0.25) is 5.02 Å². The number of methoxy groups -OCH3 is 2. The number of anilines is 1. The third-order valence-electron chi connectivity index (χ3n) is 3.08. The van der Waals surface area contributed by atoms with Crippen LogP contribution in [0, 0.1) is 0 Å². The van der Waals surface area contributed by atoms with Gasteiger partial charge in [0.15, 0.2) is 0 Å². The van der Waals surface area contributed by atoms with Crippen molar-refractivity contribution in [2.24, 2.45) is 0 Å². The molecule has 0 spiro atoms. The zero-order chi connectivity index (χ0) is 14.8. The number of halogens is 1. The van der Waals surface area contributed by atoms with Gasteiger partial charge in [-0.05, 0) is 18.2 Å². The predicted molar refractivity (Wildman–Crippen MR) is 84.8 cm³/mol. The molecule has 1 aromatic carbocycles.